The summed E-state index contributed by atoms with van der Waals surface area (Å²) in [6.45, 7) is 4.38. The van der Waals surface area contributed by atoms with Crippen LogP contribution < -0.4 is 0 Å². The SMILES string of the molecule is CC(C)c1cccc2c1oc1c(-c3ccccn3)[c-]ccc12.[Ni+2].[c-]1ccccc1-n1cccn1. The Balaban J connectivity index is 0.000000193. The van der Waals surface area contributed by atoms with Crippen LogP contribution in [0.1, 0.15) is 25.3 Å². The molecule has 3 aromatic heterocycles. The smallest absolute Gasteiger partial charge is 0.500 e. The summed E-state index contributed by atoms with van der Waals surface area (Å²) in [4.78, 5) is 4.44. The van der Waals surface area contributed by atoms with E-state index >= 15 is 0 Å². The first kappa shape index (κ1) is 23.5. The van der Waals surface area contributed by atoms with Crippen molar-refractivity contribution >= 4 is 21.9 Å². The molecule has 0 radical (unpaired) electrons. The minimum Gasteiger partial charge on any atom is -0.500 e. The van der Waals surface area contributed by atoms with E-state index in [4.69, 9.17) is 4.42 Å². The number of pyridine rings is 1. The Morgan fingerprint density at radius 1 is 0.794 bits per heavy atom. The maximum absolute atomic E-state index is 6.26. The van der Waals surface area contributed by atoms with Crippen molar-refractivity contribution in [3.05, 3.63) is 115 Å². The van der Waals surface area contributed by atoms with Crippen molar-refractivity contribution in [1.82, 2.24) is 14.8 Å². The Labute approximate surface area is 209 Å². The van der Waals surface area contributed by atoms with Gasteiger partial charge in [0.25, 0.3) is 0 Å². The first-order valence-electron chi connectivity index (χ1n) is 11.0. The molecule has 4 nitrogen and oxygen atoms in total. The Kier molecular flexibility index (Phi) is 7.25. The molecule has 0 aliphatic rings. The summed E-state index contributed by atoms with van der Waals surface area (Å²) in [7, 11) is 0. The number of furan rings is 1. The molecule has 0 N–H and O–H groups in total. The maximum Gasteiger partial charge on any atom is 2.00 e. The Hall–Kier alpha value is -3.69. The van der Waals surface area contributed by atoms with E-state index in [9.17, 15) is 0 Å². The van der Waals surface area contributed by atoms with Gasteiger partial charge in [-0.3, -0.25) is 4.68 Å². The Morgan fingerprint density at radius 2 is 1.65 bits per heavy atom. The predicted molar refractivity (Wildman–Crippen MR) is 132 cm³/mol. The molecule has 6 aromatic rings. The van der Waals surface area contributed by atoms with Crippen molar-refractivity contribution in [2.45, 2.75) is 19.8 Å². The van der Waals surface area contributed by atoms with Crippen molar-refractivity contribution in [3.63, 3.8) is 0 Å². The van der Waals surface area contributed by atoms with E-state index in [1.54, 1.807) is 17.1 Å². The number of rotatable bonds is 3. The zero-order chi connectivity index (χ0) is 22.6. The average Bonchev–Trinajstić information content (AvgIpc) is 3.54. The standard InChI is InChI=1S/C20H16NO.C9H7N2.Ni/c1-13(2)14-7-5-8-15-16-9-6-10-17(20(16)22-19(14)15)18-11-3-4-12-21-18;1-2-5-9(6-3-1)11-8-4-7-10-11;/h3-9,11-13H,1-2H3;1-5,7-8H;/q2*-1;+2. The summed E-state index contributed by atoms with van der Waals surface area (Å²) in [5.74, 6) is 0.423. The molecular weight excluding hydrogens is 465 g/mol. The number of para-hydroxylation sites is 2. The maximum atomic E-state index is 6.26. The normalized spacial score (nSPS) is 10.7. The molecule has 0 saturated heterocycles. The molecule has 0 saturated carbocycles. The zero-order valence-electron chi connectivity index (χ0n) is 18.9. The van der Waals surface area contributed by atoms with Crippen LogP contribution in [-0.2, 0) is 16.5 Å². The van der Waals surface area contributed by atoms with Gasteiger partial charge in [0.05, 0.1) is 5.58 Å². The second kappa shape index (κ2) is 10.5. The van der Waals surface area contributed by atoms with Crippen molar-refractivity contribution < 1.29 is 20.9 Å². The van der Waals surface area contributed by atoms with Gasteiger partial charge in [-0.25, -0.2) is 0 Å². The van der Waals surface area contributed by atoms with E-state index in [0.717, 1.165) is 38.9 Å². The molecule has 34 heavy (non-hydrogen) atoms. The van der Waals surface area contributed by atoms with Crippen LogP contribution in [0.4, 0.5) is 0 Å². The number of hydrogen-bond acceptors (Lipinski definition) is 3. The van der Waals surface area contributed by atoms with Gasteiger partial charge in [0.15, 0.2) is 0 Å². The number of aromatic nitrogens is 3. The molecule has 0 fully saturated rings. The molecule has 3 aromatic carbocycles. The zero-order valence-corrected chi connectivity index (χ0v) is 19.9. The van der Waals surface area contributed by atoms with E-state index in [1.165, 1.54) is 5.56 Å². The van der Waals surface area contributed by atoms with Crippen molar-refractivity contribution in [2.75, 3.05) is 0 Å². The van der Waals surface area contributed by atoms with Gasteiger partial charge in [-0.15, -0.1) is 24.3 Å². The van der Waals surface area contributed by atoms with Crippen LogP contribution in [-0.4, -0.2) is 14.8 Å². The van der Waals surface area contributed by atoms with Gasteiger partial charge in [0.2, 0.25) is 0 Å². The van der Waals surface area contributed by atoms with Crippen LogP contribution in [0.25, 0.3) is 38.9 Å². The molecule has 0 amide bonds. The first-order chi connectivity index (χ1) is 16.2. The monoisotopic (exact) mass is 487 g/mol. The van der Waals surface area contributed by atoms with Crippen LogP contribution >= 0.6 is 0 Å². The molecule has 0 spiro atoms. The molecule has 3 heterocycles. The first-order valence-corrected chi connectivity index (χ1v) is 11.0. The van der Waals surface area contributed by atoms with E-state index in [-0.39, 0.29) is 16.5 Å². The summed E-state index contributed by atoms with van der Waals surface area (Å²) in [5.41, 5.74) is 5.86. The largest absolute Gasteiger partial charge is 2.00 e. The van der Waals surface area contributed by atoms with Crippen molar-refractivity contribution in [2.24, 2.45) is 0 Å². The molecule has 0 aliphatic carbocycles. The number of benzene rings is 3. The molecule has 0 aliphatic heterocycles. The number of nitrogens with zero attached hydrogens (tertiary/aromatic N) is 3. The molecule has 0 unspecified atom stereocenters. The fourth-order valence-corrected chi connectivity index (χ4v) is 3.88. The molecule has 5 heteroatoms. The molecule has 0 bridgehead atoms. The van der Waals surface area contributed by atoms with Gasteiger partial charge in [-0.05, 0) is 35.0 Å². The van der Waals surface area contributed by atoms with Crippen LogP contribution in [0, 0.1) is 12.1 Å². The summed E-state index contributed by atoms with van der Waals surface area (Å²) in [5, 5.41) is 6.35. The van der Waals surface area contributed by atoms with Gasteiger partial charge in [-0.1, -0.05) is 55.1 Å². The summed E-state index contributed by atoms with van der Waals surface area (Å²) in [6.07, 6.45) is 5.44. The fraction of sp³-hybridized carbons (Fsp3) is 0.103. The van der Waals surface area contributed by atoms with Gasteiger partial charge in [0.1, 0.15) is 5.58 Å². The summed E-state index contributed by atoms with van der Waals surface area (Å²) >= 11 is 0. The topological polar surface area (TPSA) is 43.9 Å². The van der Waals surface area contributed by atoms with Crippen molar-refractivity contribution in [3.8, 4) is 16.9 Å². The Bertz CT molecular complexity index is 1470. The van der Waals surface area contributed by atoms with E-state index in [0.29, 0.717) is 5.92 Å². The minimum atomic E-state index is 0. The van der Waals surface area contributed by atoms with Gasteiger partial charge in [0, 0.05) is 24.0 Å². The van der Waals surface area contributed by atoms with Crippen LogP contribution in [0.5, 0.6) is 0 Å². The van der Waals surface area contributed by atoms with Gasteiger partial charge >= 0.3 is 16.5 Å². The van der Waals surface area contributed by atoms with Crippen LogP contribution in [0.15, 0.2) is 102 Å². The van der Waals surface area contributed by atoms with Gasteiger partial charge in [-0.2, -0.15) is 29.4 Å². The third kappa shape index (κ3) is 4.66. The molecule has 170 valence electrons. The summed E-state index contributed by atoms with van der Waals surface area (Å²) in [6, 6.07) is 32.2. The summed E-state index contributed by atoms with van der Waals surface area (Å²) < 4.78 is 8.04. The quantitative estimate of drug-likeness (QED) is 0.195. The molecule has 6 rings (SSSR count). The number of fused-ring (bicyclic) bond motifs is 3. The van der Waals surface area contributed by atoms with Gasteiger partial charge < -0.3 is 9.40 Å². The molecule has 0 atom stereocenters. The number of hydrogen-bond donors (Lipinski definition) is 0. The van der Waals surface area contributed by atoms with Crippen LogP contribution in [0.2, 0.25) is 0 Å². The van der Waals surface area contributed by atoms with E-state index in [1.807, 2.05) is 60.8 Å². The minimum absolute atomic E-state index is 0. The van der Waals surface area contributed by atoms with E-state index < -0.39 is 0 Å². The fourth-order valence-electron chi connectivity index (χ4n) is 3.88. The Morgan fingerprint density at radius 3 is 2.35 bits per heavy atom. The second-order valence-electron chi connectivity index (χ2n) is 7.99. The average molecular weight is 488 g/mol. The van der Waals surface area contributed by atoms with Crippen molar-refractivity contribution in [1.29, 1.82) is 0 Å². The predicted octanol–water partition coefficient (Wildman–Crippen LogP) is 7.24. The molecular formula is C29H23N3NiO. The second-order valence-corrected chi connectivity index (χ2v) is 7.99. The third-order valence-corrected chi connectivity index (χ3v) is 5.48. The van der Waals surface area contributed by atoms with Crippen LogP contribution in [0.3, 0.4) is 0 Å². The third-order valence-electron chi connectivity index (χ3n) is 5.48. The van der Waals surface area contributed by atoms with E-state index in [2.05, 4.69) is 60.3 Å².